The highest BCUT2D eigenvalue weighted by atomic mass is 32.2. The van der Waals surface area contributed by atoms with Crippen LogP contribution in [-0.4, -0.2) is 30.8 Å². The molecule has 0 amide bonds. The fourth-order valence-electron chi connectivity index (χ4n) is 2.15. The van der Waals surface area contributed by atoms with Crippen LogP contribution < -0.4 is 5.32 Å². The van der Waals surface area contributed by atoms with Gasteiger partial charge in [-0.05, 0) is 47.4 Å². The Morgan fingerprint density at radius 2 is 2.19 bits per heavy atom. The molecule has 1 fully saturated rings. The summed E-state index contributed by atoms with van der Waals surface area (Å²) < 4.78 is 27.2. The third kappa shape index (κ3) is 3.09. The zero-order valence-electron chi connectivity index (χ0n) is 11.7. The smallest absolute Gasteiger partial charge is 0.245 e. The van der Waals surface area contributed by atoms with E-state index in [0.717, 1.165) is 18.4 Å². The molecular formula is C14H17N3O2S2. The van der Waals surface area contributed by atoms with E-state index < -0.39 is 10.0 Å². The molecule has 0 saturated heterocycles. The zero-order valence-corrected chi connectivity index (χ0v) is 13.3. The highest BCUT2D eigenvalue weighted by Crippen LogP contribution is 2.33. The monoisotopic (exact) mass is 323 g/mol. The van der Waals surface area contributed by atoms with Crippen LogP contribution >= 0.6 is 11.3 Å². The summed E-state index contributed by atoms with van der Waals surface area (Å²) in [5, 5.41) is 6.85. The minimum absolute atomic E-state index is 0.124. The quantitative estimate of drug-likeness (QED) is 0.887. The van der Waals surface area contributed by atoms with Gasteiger partial charge in [-0.2, -0.15) is 15.6 Å². The van der Waals surface area contributed by atoms with E-state index in [9.17, 15) is 8.42 Å². The summed E-state index contributed by atoms with van der Waals surface area (Å²) in [4.78, 5) is 4.36. The van der Waals surface area contributed by atoms with Gasteiger partial charge in [0.2, 0.25) is 10.0 Å². The summed E-state index contributed by atoms with van der Waals surface area (Å²) in [5.74, 6) is 0.657. The Kier molecular flexibility index (Phi) is 3.97. The molecule has 1 N–H and O–H groups in total. The first-order chi connectivity index (χ1) is 10.1. The number of aromatic nitrogens is 1. The van der Waals surface area contributed by atoms with Gasteiger partial charge in [-0.25, -0.2) is 13.4 Å². The van der Waals surface area contributed by atoms with Crippen LogP contribution in [0.15, 0.2) is 40.1 Å². The first kappa shape index (κ1) is 14.5. The molecule has 2 aromatic rings. The van der Waals surface area contributed by atoms with Crippen molar-refractivity contribution in [2.45, 2.75) is 30.3 Å². The second kappa shape index (κ2) is 5.75. The molecule has 0 aliphatic heterocycles. The second-order valence-corrected chi connectivity index (χ2v) is 7.71. The van der Waals surface area contributed by atoms with E-state index in [2.05, 4.69) is 10.3 Å². The first-order valence-corrected chi connectivity index (χ1v) is 9.16. The Morgan fingerprint density at radius 1 is 1.38 bits per heavy atom. The van der Waals surface area contributed by atoms with Crippen molar-refractivity contribution in [3.05, 3.63) is 40.7 Å². The van der Waals surface area contributed by atoms with Crippen molar-refractivity contribution in [1.82, 2.24) is 9.29 Å². The van der Waals surface area contributed by atoms with Gasteiger partial charge in [0.25, 0.3) is 0 Å². The molecule has 1 aliphatic rings. The molecule has 1 saturated carbocycles. The Balaban J connectivity index is 1.89. The number of pyridine rings is 1. The zero-order chi connectivity index (χ0) is 14.9. The van der Waals surface area contributed by atoms with Crippen molar-refractivity contribution >= 4 is 27.2 Å². The fourth-order valence-corrected chi connectivity index (χ4v) is 4.43. The van der Waals surface area contributed by atoms with Crippen molar-refractivity contribution in [1.29, 1.82) is 0 Å². The minimum Gasteiger partial charge on any atom is -0.373 e. The third-order valence-electron chi connectivity index (χ3n) is 3.47. The molecule has 0 spiro atoms. The molecule has 21 heavy (non-hydrogen) atoms. The van der Waals surface area contributed by atoms with Crippen LogP contribution in [0.4, 0.5) is 5.82 Å². The number of nitrogens with zero attached hydrogens (tertiary/aromatic N) is 2. The Bertz CT molecular complexity index is 692. The van der Waals surface area contributed by atoms with Crippen molar-refractivity contribution in [3.8, 4) is 0 Å². The van der Waals surface area contributed by atoms with Gasteiger partial charge in [-0.15, -0.1) is 0 Å². The van der Waals surface area contributed by atoms with E-state index in [-0.39, 0.29) is 10.9 Å². The molecule has 0 radical (unpaired) electrons. The lowest BCUT2D eigenvalue weighted by Gasteiger charge is -2.21. The highest BCUT2D eigenvalue weighted by Gasteiger charge is 2.38. The fraction of sp³-hybridized carbons (Fsp3) is 0.357. The third-order valence-corrected chi connectivity index (χ3v) is 6.09. The van der Waals surface area contributed by atoms with Crippen molar-refractivity contribution < 1.29 is 8.42 Å². The summed E-state index contributed by atoms with van der Waals surface area (Å²) in [5.41, 5.74) is 1.04. The number of thiophene rings is 1. The maximum atomic E-state index is 12.8. The van der Waals surface area contributed by atoms with E-state index in [1.807, 2.05) is 16.8 Å². The number of nitrogens with one attached hydrogen (secondary N) is 1. The van der Waals surface area contributed by atoms with Gasteiger partial charge in [-0.1, -0.05) is 0 Å². The number of sulfonamides is 1. The average Bonchev–Trinajstić information content (AvgIpc) is 3.20. The van der Waals surface area contributed by atoms with E-state index >= 15 is 0 Å². The molecule has 2 aromatic heterocycles. The van der Waals surface area contributed by atoms with Gasteiger partial charge in [0.1, 0.15) is 10.7 Å². The van der Waals surface area contributed by atoms with Crippen LogP contribution in [0.3, 0.4) is 0 Å². The van der Waals surface area contributed by atoms with Crippen molar-refractivity contribution in [2.75, 3.05) is 12.4 Å². The Morgan fingerprint density at radius 3 is 2.71 bits per heavy atom. The summed E-state index contributed by atoms with van der Waals surface area (Å²) in [6, 6.07) is 5.39. The maximum Gasteiger partial charge on any atom is 0.245 e. The minimum atomic E-state index is -3.49. The molecule has 7 heteroatoms. The number of rotatable bonds is 6. The molecule has 0 unspecified atom stereocenters. The molecular weight excluding hydrogens is 306 g/mol. The number of anilines is 1. The Hall–Kier alpha value is -1.44. The van der Waals surface area contributed by atoms with Gasteiger partial charge >= 0.3 is 0 Å². The summed E-state index contributed by atoms with van der Waals surface area (Å²) in [7, 11) is -1.74. The number of hydrogen-bond donors (Lipinski definition) is 1. The predicted molar refractivity (Wildman–Crippen MR) is 83.9 cm³/mol. The van der Waals surface area contributed by atoms with Gasteiger partial charge < -0.3 is 5.32 Å². The molecule has 3 rings (SSSR count). The lowest BCUT2D eigenvalue weighted by atomic mass is 10.3. The normalized spacial score (nSPS) is 15.3. The van der Waals surface area contributed by atoms with Crippen LogP contribution in [0.1, 0.15) is 18.4 Å². The first-order valence-electron chi connectivity index (χ1n) is 6.78. The van der Waals surface area contributed by atoms with Gasteiger partial charge in [0, 0.05) is 25.8 Å². The molecule has 0 atom stereocenters. The van der Waals surface area contributed by atoms with Crippen LogP contribution in [0.5, 0.6) is 0 Å². The molecule has 112 valence electrons. The van der Waals surface area contributed by atoms with E-state index in [0.29, 0.717) is 12.4 Å². The van der Waals surface area contributed by atoms with Crippen LogP contribution in [0, 0.1) is 0 Å². The summed E-state index contributed by atoms with van der Waals surface area (Å²) in [6.07, 6.45) is 3.29. The Labute approximate surface area is 128 Å². The molecule has 0 bridgehead atoms. The number of hydrogen-bond acceptors (Lipinski definition) is 5. The molecule has 1 aliphatic carbocycles. The van der Waals surface area contributed by atoms with Crippen LogP contribution in [-0.2, 0) is 16.6 Å². The molecule has 2 heterocycles. The lowest BCUT2D eigenvalue weighted by molar-refractivity contribution is 0.399. The molecule has 0 aromatic carbocycles. The van der Waals surface area contributed by atoms with Gasteiger partial charge in [0.15, 0.2) is 0 Å². The summed E-state index contributed by atoms with van der Waals surface area (Å²) >= 11 is 1.58. The largest absolute Gasteiger partial charge is 0.373 e. The van der Waals surface area contributed by atoms with Gasteiger partial charge in [0.05, 0.1) is 0 Å². The SMILES string of the molecule is CNc1ccc(S(=O)(=O)N(Cc2ccsc2)C2CC2)cn1. The summed E-state index contributed by atoms with van der Waals surface area (Å²) in [6.45, 7) is 0.435. The topological polar surface area (TPSA) is 62.3 Å². The van der Waals surface area contributed by atoms with E-state index in [4.69, 9.17) is 0 Å². The molecule has 5 nitrogen and oxygen atoms in total. The van der Waals surface area contributed by atoms with Crippen LogP contribution in [0.25, 0.3) is 0 Å². The standard InChI is InChI=1S/C14H17N3O2S2/c1-15-14-5-4-13(8-16-14)21(18,19)17(12-2-3-12)9-11-6-7-20-10-11/h4-8,10,12H,2-3,9H2,1H3,(H,15,16). The maximum absolute atomic E-state index is 12.8. The van der Waals surface area contributed by atoms with E-state index in [1.165, 1.54) is 6.20 Å². The van der Waals surface area contributed by atoms with Crippen molar-refractivity contribution in [2.24, 2.45) is 0 Å². The average molecular weight is 323 g/mol. The van der Waals surface area contributed by atoms with E-state index in [1.54, 1.807) is 34.8 Å². The predicted octanol–water partition coefficient (Wildman–Crippen LogP) is 2.54. The van der Waals surface area contributed by atoms with Crippen LogP contribution in [0.2, 0.25) is 0 Å². The second-order valence-electron chi connectivity index (χ2n) is 5.04. The van der Waals surface area contributed by atoms with Gasteiger partial charge in [-0.3, -0.25) is 0 Å². The van der Waals surface area contributed by atoms with Crippen molar-refractivity contribution in [3.63, 3.8) is 0 Å². The lowest BCUT2D eigenvalue weighted by Crippen LogP contribution is -2.32. The highest BCUT2D eigenvalue weighted by molar-refractivity contribution is 7.89.